The maximum absolute atomic E-state index is 12.9. The minimum absolute atomic E-state index is 0.0105. The molecular formula is C28H36N2O2. The predicted molar refractivity (Wildman–Crippen MR) is 132 cm³/mol. The first-order valence-corrected chi connectivity index (χ1v) is 11.0. The molecule has 2 N–H and O–H groups in total. The first-order chi connectivity index (χ1) is 15.0. The Kier molecular flexibility index (Phi) is 8.59. The summed E-state index contributed by atoms with van der Waals surface area (Å²) in [6.07, 6.45) is 3.23. The van der Waals surface area contributed by atoms with Crippen LogP contribution in [0.1, 0.15) is 52.7 Å². The van der Waals surface area contributed by atoms with E-state index in [9.17, 15) is 9.59 Å². The number of allylic oxidation sites excluding steroid dienone is 2. The number of benzene rings is 2. The highest BCUT2D eigenvalue weighted by molar-refractivity contribution is 5.97. The monoisotopic (exact) mass is 432 g/mol. The van der Waals surface area contributed by atoms with Gasteiger partial charge in [-0.15, -0.1) is 0 Å². The second kappa shape index (κ2) is 10.9. The molecule has 0 heterocycles. The molecular weight excluding hydrogens is 396 g/mol. The Bertz CT molecular complexity index is 878. The van der Waals surface area contributed by atoms with Crippen LogP contribution in [0.2, 0.25) is 0 Å². The molecule has 0 spiro atoms. The van der Waals surface area contributed by atoms with Crippen molar-refractivity contribution >= 4 is 11.6 Å². The Morgan fingerprint density at radius 3 is 1.22 bits per heavy atom. The molecule has 2 aromatic carbocycles. The summed E-state index contributed by atoms with van der Waals surface area (Å²) in [4.78, 5) is 25.8. The molecule has 0 aliphatic rings. The zero-order valence-corrected chi connectivity index (χ0v) is 20.2. The number of hydrogen-bond acceptors (Lipinski definition) is 4. The van der Waals surface area contributed by atoms with E-state index >= 15 is 0 Å². The summed E-state index contributed by atoms with van der Waals surface area (Å²) in [6.45, 7) is 12.4. The molecule has 0 fully saturated rings. The summed E-state index contributed by atoms with van der Waals surface area (Å²) in [7, 11) is 0. The lowest BCUT2D eigenvalue weighted by Gasteiger charge is -2.21. The van der Waals surface area contributed by atoms with Gasteiger partial charge in [-0.1, -0.05) is 102 Å². The fourth-order valence-corrected chi connectivity index (χ4v) is 2.73. The average Bonchev–Trinajstić information content (AvgIpc) is 2.74. The fraction of sp³-hybridized carbons (Fsp3) is 0.357. The molecule has 170 valence electrons. The summed E-state index contributed by atoms with van der Waals surface area (Å²) < 4.78 is 0. The number of hydrogen-bond donors (Lipinski definition) is 2. The maximum atomic E-state index is 12.9. The SMILES string of the molecule is CC(C)(C)C(=O)/C=C(NCc1ccccc1)/C(=C/C(=O)C(C)(C)C)NCc1ccccc1. The Morgan fingerprint density at radius 2 is 0.938 bits per heavy atom. The van der Waals surface area contributed by atoms with Gasteiger partial charge in [0.1, 0.15) is 0 Å². The Morgan fingerprint density at radius 1 is 0.625 bits per heavy atom. The second-order valence-electron chi connectivity index (χ2n) is 10.0. The van der Waals surface area contributed by atoms with Gasteiger partial charge in [0.25, 0.3) is 0 Å². The molecule has 0 bridgehead atoms. The van der Waals surface area contributed by atoms with Gasteiger partial charge in [-0.3, -0.25) is 9.59 Å². The van der Waals surface area contributed by atoms with Gasteiger partial charge >= 0.3 is 0 Å². The average molecular weight is 433 g/mol. The van der Waals surface area contributed by atoms with Crippen molar-refractivity contribution in [2.24, 2.45) is 10.8 Å². The third kappa shape index (κ3) is 8.18. The van der Waals surface area contributed by atoms with E-state index in [1.165, 1.54) is 0 Å². The molecule has 0 aliphatic heterocycles. The highest BCUT2D eigenvalue weighted by atomic mass is 16.1. The minimum Gasteiger partial charge on any atom is -0.379 e. The molecule has 0 saturated carbocycles. The van der Waals surface area contributed by atoms with E-state index in [4.69, 9.17) is 0 Å². The van der Waals surface area contributed by atoms with E-state index in [0.717, 1.165) is 11.1 Å². The zero-order valence-electron chi connectivity index (χ0n) is 20.2. The third-order valence-corrected chi connectivity index (χ3v) is 4.97. The highest BCUT2D eigenvalue weighted by Crippen LogP contribution is 2.21. The van der Waals surface area contributed by atoms with Gasteiger partial charge in [0.15, 0.2) is 11.6 Å². The van der Waals surface area contributed by atoms with Crippen molar-refractivity contribution in [3.05, 3.63) is 95.3 Å². The van der Waals surface area contributed by atoms with Crippen LogP contribution < -0.4 is 10.6 Å². The molecule has 4 heteroatoms. The molecule has 2 rings (SSSR count). The molecule has 0 amide bonds. The van der Waals surface area contributed by atoms with Crippen molar-refractivity contribution < 1.29 is 9.59 Å². The van der Waals surface area contributed by atoms with Crippen LogP contribution in [0.25, 0.3) is 0 Å². The lowest BCUT2D eigenvalue weighted by atomic mass is 9.88. The van der Waals surface area contributed by atoms with Gasteiger partial charge in [-0.05, 0) is 11.1 Å². The van der Waals surface area contributed by atoms with Gasteiger partial charge in [0, 0.05) is 36.1 Å². The largest absolute Gasteiger partial charge is 0.379 e. The van der Waals surface area contributed by atoms with Crippen molar-refractivity contribution in [1.29, 1.82) is 0 Å². The smallest absolute Gasteiger partial charge is 0.163 e. The van der Waals surface area contributed by atoms with Gasteiger partial charge in [-0.25, -0.2) is 0 Å². The van der Waals surface area contributed by atoms with E-state index in [2.05, 4.69) is 10.6 Å². The number of rotatable bonds is 9. The highest BCUT2D eigenvalue weighted by Gasteiger charge is 2.23. The molecule has 0 aliphatic carbocycles. The van der Waals surface area contributed by atoms with E-state index < -0.39 is 10.8 Å². The van der Waals surface area contributed by atoms with Crippen LogP contribution in [0.4, 0.5) is 0 Å². The van der Waals surface area contributed by atoms with Crippen molar-refractivity contribution in [2.45, 2.75) is 54.6 Å². The normalized spacial score (nSPS) is 12.9. The van der Waals surface area contributed by atoms with Crippen molar-refractivity contribution in [2.75, 3.05) is 0 Å². The minimum atomic E-state index is -0.530. The Labute approximate surface area is 192 Å². The molecule has 0 atom stereocenters. The third-order valence-electron chi connectivity index (χ3n) is 4.97. The van der Waals surface area contributed by atoms with Crippen LogP contribution >= 0.6 is 0 Å². The Balaban J connectivity index is 2.42. The summed E-state index contributed by atoms with van der Waals surface area (Å²) >= 11 is 0. The van der Waals surface area contributed by atoms with Crippen LogP contribution in [0, 0.1) is 10.8 Å². The Hall–Kier alpha value is -3.14. The zero-order chi connectivity index (χ0) is 23.8. The number of nitrogens with one attached hydrogen (secondary N) is 2. The predicted octanol–water partition coefficient (Wildman–Crippen LogP) is 5.56. The number of carbonyl (C=O) groups is 2. The standard InChI is InChI=1S/C28H36N2O2/c1-27(2,3)25(31)17-23(29-19-21-13-9-7-10-14-21)24(18-26(32)28(4,5)6)30-20-22-15-11-8-12-16-22/h7-18,29-30H,19-20H2,1-6H3/b23-17-,24-18-. The first-order valence-electron chi connectivity index (χ1n) is 11.0. The van der Waals surface area contributed by atoms with Gasteiger partial charge in [0.2, 0.25) is 0 Å². The van der Waals surface area contributed by atoms with Gasteiger partial charge < -0.3 is 10.6 Å². The van der Waals surface area contributed by atoms with Crippen LogP contribution in [-0.4, -0.2) is 11.6 Å². The topological polar surface area (TPSA) is 58.2 Å². The van der Waals surface area contributed by atoms with Crippen LogP contribution in [0.15, 0.2) is 84.2 Å². The van der Waals surface area contributed by atoms with Crippen molar-refractivity contribution in [3.63, 3.8) is 0 Å². The molecule has 0 saturated heterocycles. The van der Waals surface area contributed by atoms with E-state index in [1.54, 1.807) is 12.2 Å². The molecule has 2 aromatic rings. The number of ketones is 2. The van der Waals surface area contributed by atoms with E-state index in [0.29, 0.717) is 24.5 Å². The molecule has 0 radical (unpaired) electrons. The van der Waals surface area contributed by atoms with Gasteiger partial charge in [-0.2, -0.15) is 0 Å². The molecule has 0 unspecified atom stereocenters. The quantitative estimate of drug-likeness (QED) is 0.402. The van der Waals surface area contributed by atoms with Gasteiger partial charge in [0.05, 0.1) is 11.4 Å². The van der Waals surface area contributed by atoms with E-state index in [-0.39, 0.29) is 11.6 Å². The van der Waals surface area contributed by atoms with Crippen LogP contribution in [0.5, 0.6) is 0 Å². The molecule has 4 nitrogen and oxygen atoms in total. The van der Waals surface area contributed by atoms with Crippen LogP contribution in [0.3, 0.4) is 0 Å². The maximum Gasteiger partial charge on any atom is 0.163 e. The second-order valence-corrected chi connectivity index (χ2v) is 10.0. The van der Waals surface area contributed by atoms with E-state index in [1.807, 2.05) is 102 Å². The van der Waals surface area contributed by atoms with Crippen molar-refractivity contribution in [3.8, 4) is 0 Å². The first kappa shape index (κ1) is 25.1. The summed E-state index contributed by atoms with van der Waals surface area (Å²) in [5.74, 6) is -0.0210. The molecule has 0 aromatic heterocycles. The summed E-state index contributed by atoms with van der Waals surface area (Å²) in [6, 6.07) is 20.0. The van der Waals surface area contributed by atoms with Crippen LogP contribution in [-0.2, 0) is 22.7 Å². The fourth-order valence-electron chi connectivity index (χ4n) is 2.73. The lowest BCUT2D eigenvalue weighted by Crippen LogP contribution is -2.28. The summed E-state index contributed by atoms with van der Waals surface area (Å²) in [5.41, 5.74) is 2.35. The number of carbonyl (C=O) groups excluding carboxylic acids is 2. The van der Waals surface area contributed by atoms with Crippen molar-refractivity contribution in [1.82, 2.24) is 10.6 Å². The lowest BCUT2D eigenvalue weighted by molar-refractivity contribution is -0.122. The molecule has 32 heavy (non-hydrogen) atoms. The summed E-state index contributed by atoms with van der Waals surface area (Å²) in [5, 5.41) is 6.78.